The highest BCUT2D eigenvalue weighted by atomic mass is 32.1. The summed E-state index contributed by atoms with van der Waals surface area (Å²) in [6, 6.07) is 2.04. The first-order chi connectivity index (χ1) is 9.71. The van der Waals surface area contributed by atoms with Crippen LogP contribution in [0.3, 0.4) is 0 Å². The molecular formula is C14H22N2O3S. The molecule has 0 aromatic carbocycles. The summed E-state index contributed by atoms with van der Waals surface area (Å²) in [6.45, 7) is 5.31. The van der Waals surface area contributed by atoms with Gasteiger partial charge in [0.2, 0.25) is 0 Å². The fourth-order valence-corrected chi connectivity index (χ4v) is 3.38. The van der Waals surface area contributed by atoms with E-state index in [0.717, 1.165) is 19.5 Å². The minimum atomic E-state index is 0.0496. The lowest BCUT2D eigenvalue weighted by molar-refractivity contribution is 0.0474. The fraction of sp³-hybridized carbons (Fsp3) is 0.643. The maximum absolute atomic E-state index is 12.4. The average Bonchev–Trinajstić information content (AvgIpc) is 2.97. The number of carbonyl (C=O) groups excluding carboxylic acids is 1. The van der Waals surface area contributed by atoms with E-state index in [4.69, 9.17) is 4.74 Å². The number of ether oxygens (including phenoxy) is 1. The number of amides is 1. The van der Waals surface area contributed by atoms with Crippen molar-refractivity contribution >= 4 is 17.2 Å². The van der Waals surface area contributed by atoms with Crippen LogP contribution in [0.2, 0.25) is 0 Å². The van der Waals surface area contributed by atoms with E-state index < -0.39 is 0 Å². The summed E-state index contributed by atoms with van der Waals surface area (Å²) in [6.07, 6.45) is 0.934. The molecule has 112 valence electrons. The van der Waals surface area contributed by atoms with E-state index in [1.54, 1.807) is 7.11 Å². The summed E-state index contributed by atoms with van der Waals surface area (Å²) in [7, 11) is 1.59. The minimum absolute atomic E-state index is 0.0496. The van der Waals surface area contributed by atoms with Crippen LogP contribution in [-0.2, 0) is 0 Å². The number of hydrogen-bond donors (Lipinski definition) is 1. The van der Waals surface area contributed by atoms with E-state index in [-0.39, 0.29) is 18.6 Å². The molecule has 2 heterocycles. The molecule has 1 unspecified atom stereocenters. The molecule has 1 aromatic rings. The predicted molar refractivity (Wildman–Crippen MR) is 79.5 cm³/mol. The van der Waals surface area contributed by atoms with Crippen molar-refractivity contribution in [3.05, 3.63) is 16.3 Å². The third-order valence-corrected chi connectivity index (χ3v) is 4.73. The molecule has 1 aromatic heterocycles. The molecule has 2 rings (SSSR count). The van der Waals surface area contributed by atoms with Gasteiger partial charge in [-0.3, -0.25) is 9.69 Å². The smallest absolute Gasteiger partial charge is 0.267 e. The molecule has 1 N–H and O–H groups in total. The van der Waals surface area contributed by atoms with Gasteiger partial charge in [-0.05, 0) is 17.9 Å². The number of aliphatic hydroxyl groups excluding tert-OH is 1. The number of methoxy groups -OCH3 is 1. The molecule has 1 atom stereocenters. The number of thiophene rings is 1. The van der Waals surface area contributed by atoms with Crippen molar-refractivity contribution < 1.29 is 14.6 Å². The first kappa shape index (κ1) is 15.3. The molecule has 6 heteroatoms. The van der Waals surface area contributed by atoms with Gasteiger partial charge in [0.25, 0.3) is 5.91 Å². The van der Waals surface area contributed by atoms with Gasteiger partial charge in [-0.2, -0.15) is 0 Å². The van der Waals surface area contributed by atoms with Gasteiger partial charge in [-0.1, -0.05) is 6.92 Å². The summed E-state index contributed by atoms with van der Waals surface area (Å²) in [4.78, 5) is 17.3. The largest absolute Gasteiger partial charge is 0.495 e. The zero-order valence-corrected chi connectivity index (χ0v) is 12.9. The lowest BCUT2D eigenvalue weighted by atomic mass is 10.1. The normalized spacial score (nSPS) is 18.1. The maximum Gasteiger partial charge on any atom is 0.267 e. The number of rotatable bonds is 5. The van der Waals surface area contributed by atoms with E-state index in [1.807, 2.05) is 16.3 Å². The maximum atomic E-state index is 12.4. The molecule has 1 fully saturated rings. The Morgan fingerprint density at radius 1 is 1.45 bits per heavy atom. The van der Waals surface area contributed by atoms with Crippen LogP contribution < -0.4 is 4.74 Å². The zero-order chi connectivity index (χ0) is 14.5. The summed E-state index contributed by atoms with van der Waals surface area (Å²) in [5.41, 5.74) is 0. The van der Waals surface area contributed by atoms with Crippen LogP contribution in [0.25, 0.3) is 0 Å². The van der Waals surface area contributed by atoms with Crippen molar-refractivity contribution in [2.45, 2.75) is 19.4 Å². The summed E-state index contributed by atoms with van der Waals surface area (Å²) in [5.74, 6) is 0.706. The molecular weight excluding hydrogens is 276 g/mol. The number of piperazine rings is 1. The highest BCUT2D eigenvalue weighted by Crippen LogP contribution is 2.26. The van der Waals surface area contributed by atoms with Gasteiger partial charge >= 0.3 is 0 Å². The number of carbonyl (C=O) groups is 1. The van der Waals surface area contributed by atoms with Crippen LogP contribution in [0.1, 0.15) is 23.0 Å². The van der Waals surface area contributed by atoms with Gasteiger partial charge in [0, 0.05) is 32.2 Å². The molecule has 1 amide bonds. The molecule has 5 nitrogen and oxygen atoms in total. The highest BCUT2D eigenvalue weighted by Gasteiger charge is 2.27. The molecule has 1 aliphatic rings. The van der Waals surface area contributed by atoms with Crippen LogP contribution >= 0.6 is 11.3 Å². The second-order valence-corrected chi connectivity index (χ2v) is 5.81. The van der Waals surface area contributed by atoms with E-state index in [1.165, 1.54) is 11.3 Å². The Labute approximate surface area is 123 Å². The molecule has 0 aliphatic carbocycles. The van der Waals surface area contributed by atoms with Crippen molar-refractivity contribution in [3.8, 4) is 5.75 Å². The Bertz CT molecular complexity index is 437. The summed E-state index contributed by atoms with van der Waals surface area (Å²) < 4.78 is 5.21. The molecule has 0 bridgehead atoms. The molecule has 1 aliphatic heterocycles. The summed E-state index contributed by atoms with van der Waals surface area (Å²) in [5, 5.41) is 11.2. The van der Waals surface area contributed by atoms with Crippen molar-refractivity contribution in [2.24, 2.45) is 0 Å². The van der Waals surface area contributed by atoms with E-state index >= 15 is 0 Å². The van der Waals surface area contributed by atoms with Gasteiger partial charge in [0.15, 0.2) is 0 Å². The van der Waals surface area contributed by atoms with Crippen molar-refractivity contribution in [1.82, 2.24) is 9.80 Å². The van der Waals surface area contributed by atoms with Crippen molar-refractivity contribution in [2.75, 3.05) is 39.9 Å². The molecule has 0 radical (unpaired) electrons. The minimum Gasteiger partial charge on any atom is -0.495 e. The Kier molecular flexibility index (Phi) is 5.39. The number of nitrogens with zero attached hydrogens (tertiary/aromatic N) is 2. The number of aliphatic hydroxyl groups is 1. The van der Waals surface area contributed by atoms with Gasteiger partial charge in [-0.25, -0.2) is 0 Å². The third-order valence-electron chi connectivity index (χ3n) is 3.84. The van der Waals surface area contributed by atoms with E-state index in [2.05, 4.69) is 11.8 Å². The average molecular weight is 298 g/mol. The topological polar surface area (TPSA) is 53.0 Å². The Balaban J connectivity index is 1.95. The second-order valence-electron chi connectivity index (χ2n) is 4.89. The van der Waals surface area contributed by atoms with Crippen molar-refractivity contribution in [1.29, 1.82) is 0 Å². The molecule has 20 heavy (non-hydrogen) atoms. The number of hydrogen-bond acceptors (Lipinski definition) is 5. The second kappa shape index (κ2) is 7.06. The quantitative estimate of drug-likeness (QED) is 0.890. The standard InChI is InChI=1S/C14H22N2O3S/c1-3-11(10-17)15-5-7-16(8-6-15)14(18)13-12(19-2)4-9-20-13/h4,9,11,17H,3,5-8,10H2,1-2H3. The van der Waals surface area contributed by atoms with Gasteiger partial charge in [0.1, 0.15) is 10.6 Å². The third kappa shape index (κ3) is 3.13. The fourth-order valence-electron chi connectivity index (χ4n) is 2.55. The van der Waals surface area contributed by atoms with Gasteiger partial charge in [0.05, 0.1) is 13.7 Å². The monoisotopic (exact) mass is 298 g/mol. The highest BCUT2D eigenvalue weighted by molar-refractivity contribution is 7.12. The molecule has 0 saturated carbocycles. The first-order valence-electron chi connectivity index (χ1n) is 6.96. The Morgan fingerprint density at radius 2 is 2.15 bits per heavy atom. The SMILES string of the molecule is CCC(CO)N1CCN(C(=O)c2sccc2OC)CC1. The van der Waals surface area contributed by atoms with Crippen LogP contribution in [0, 0.1) is 0 Å². The molecule has 0 spiro atoms. The van der Waals surface area contributed by atoms with E-state index in [9.17, 15) is 9.90 Å². The van der Waals surface area contributed by atoms with Crippen LogP contribution in [0.4, 0.5) is 0 Å². The lowest BCUT2D eigenvalue weighted by Crippen LogP contribution is -2.52. The van der Waals surface area contributed by atoms with Gasteiger partial charge < -0.3 is 14.7 Å². The Morgan fingerprint density at radius 3 is 2.70 bits per heavy atom. The van der Waals surface area contributed by atoms with Crippen molar-refractivity contribution in [3.63, 3.8) is 0 Å². The van der Waals surface area contributed by atoms with Crippen LogP contribution in [-0.4, -0.2) is 66.8 Å². The Hall–Kier alpha value is -1.11. The predicted octanol–water partition coefficient (Wildman–Crippen LogP) is 1.29. The van der Waals surface area contributed by atoms with Gasteiger partial charge in [-0.15, -0.1) is 11.3 Å². The zero-order valence-electron chi connectivity index (χ0n) is 12.0. The lowest BCUT2D eigenvalue weighted by Gasteiger charge is -2.38. The van der Waals surface area contributed by atoms with Crippen LogP contribution in [0.15, 0.2) is 11.4 Å². The van der Waals surface area contributed by atoms with Crippen LogP contribution in [0.5, 0.6) is 5.75 Å². The first-order valence-corrected chi connectivity index (χ1v) is 7.84. The molecule has 1 saturated heterocycles. The summed E-state index contributed by atoms with van der Waals surface area (Å²) >= 11 is 1.42. The van der Waals surface area contributed by atoms with E-state index in [0.29, 0.717) is 23.7 Å².